The summed E-state index contributed by atoms with van der Waals surface area (Å²) in [6.45, 7) is 10.5. The highest BCUT2D eigenvalue weighted by Gasteiger charge is 2.09. The molecule has 0 saturated carbocycles. The molecule has 1 aliphatic heterocycles. The first kappa shape index (κ1) is 33.3. The molecular weight excluding hydrogens is 562 g/mol. The fraction of sp³-hybridized carbons (Fsp3) is 0.429. The van der Waals surface area contributed by atoms with Crippen molar-refractivity contribution in [2.75, 3.05) is 79.3 Å². The van der Waals surface area contributed by atoms with Gasteiger partial charge in [-0.15, -0.1) is 6.58 Å². The van der Waals surface area contributed by atoms with Crippen LogP contribution in [0.25, 0.3) is 0 Å². The largest absolute Gasteiger partial charge is 0.487 e. The Morgan fingerprint density at radius 3 is 1.41 bits per heavy atom. The lowest BCUT2D eigenvalue weighted by Crippen LogP contribution is -2.16. The number of allylic oxidation sites excluding steroid dienone is 1. The predicted octanol–water partition coefficient (Wildman–Crippen LogP) is 5.00. The second-order valence-electron chi connectivity index (χ2n) is 9.98. The molecule has 0 bridgehead atoms. The number of rotatable bonds is 6. The van der Waals surface area contributed by atoms with Gasteiger partial charge in [0.2, 0.25) is 0 Å². The molecule has 3 aromatic carbocycles. The fourth-order valence-corrected chi connectivity index (χ4v) is 4.38. The Hall–Kier alpha value is -3.60. The van der Waals surface area contributed by atoms with Gasteiger partial charge in [0, 0.05) is 13.1 Å². The van der Waals surface area contributed by atoms with E-state index in [0.717, 1.165) is 18.5 Å². The van der Waals surface area contributed by atoms with Crippen molar-refractivity contribution in [2.45, 2.75) is 19.5 Å². The van der Waals surface area contributed by atoms with Crippen LogP contribution in [0.5, 0.6) is 23.0 Å². The van der Waals surface area contributed by atoms with Crippen LogP contribution >= 0.6 is 0 Å². The molecule has 0 spiro atoms. The summed E-state index contributed by atoms with van der Waals surface area (Å²) >= 11 is 0. The first-order valence-electron chi connectivity index (χ1n) is 15.3. The Balaban J connectivity index is 1.25. The molecule has 1 N–H and O–H groups in total. The van der Waals surface area contributed by atoms with Gasteiger partial charge in [-0.05, 0) is 47.4 Å². The van der Waals surface area contributed by atoms with E-state index in [1.165, 1.54) is 11.1 Å². The minimum absolute atomic E-state index is 0.387. The summed E-state index contributed by atoms with van der Waals surface area (Å²) in [4.78, 5) is 0. The van der Waals surface area contributed by atoms with Crippen molar-refractivity contribution in [1.82, 2.24) is 5.32 Å². The third-order valence-corrected chi connectivity index (χ3v) is 6.60. The molecule has 0 radical (unpaired) electrons. The van der Waals surface area contributed by atoms with Gasteiger partial charge in [-0.2, -0.15) is 0 Å². The van der Waals surface area contributed by atoms with Crippen LogP contribution in [0.3, 0.4) is 0 Å². The third kappa shape index (κ3) is 12.6. The van der Waals surface area contributed by atoms with Gasteiger partial charge in [-0.25, -0.2) is 0 Å². The standard InChI is InChI=1S/C35H45NO8/c1-2-5-29-8-10-30(11-9-29)27-36-28-31-12-13-34-35(26-31)44-25-21-40-17-16-38-19-23-42-33-7-4-3-6-32(33)41-22-18-37-14-15-39-20-24-43-34/h2-4,6-13,26,36H,1,5,14-25,27-28H2. The van der Waals surface area contributed by atoms with Gasteiger partial charge in [0.05, 0.1) is 52.9 Å². The van der Waals surface area contributed by atoms with Crippen LogP contribution in [0.1, 0.15) is 16.7 Å². The van der Waals surface area contributed by atoms with Crippen molar-refractivity contribution in [1.29, 1.82) is 0 Å². The molecule has 3 aromatic rings. The molecule has 1 aliphatic rings. The smallest absolute Gasteiger partial charge is 0.161 e. The van der Waals surface area contributed by atoms with E-state index < -0.39 is 0 Å². The first-order valence-corrected chi connectivity index (χ1v) is 15.3. The zero-order valence-corrected chi connectivity index (χ0v) is 25.5. The molecule has 0 aromatic heterocycles. The van der Waals surface area contributed by atoms with Gasteiger partial charge in [0.25, 0.3) is 0 Å². The number of nitrogens with one attached hydrogen (secondary N) is 1. The van der Waals surface area contributed by atoms with Crippen molar-refractivity contribution in [3.8, 4) is 23.0 Å². The van der Waals surface area contributed by atoms with Crippen LogP contribution < -0.4 is 24.3 Å². The Bertz CT molecular complexity index is 1220. The normalized spacial score (nSPS) is 16.4. The number of hydrogen-bond donors (Lipinski definition) is 1. The minimum Gasteiger partial charge on any atom is -0.487 e. The number of hydrogen-bond acceptors (Lipinski definition) is 9. The van der Waals surface area contributed by atoms with Crippen molar-refractivity contribution in [3.63, 3.8) is 0 Å². The van der Waals surface area contributed by atoms with Gasteiger partial charge >= 0.3 is 0 Å². The second-order valence-corrected chi connectivity index (χ2v) is 9.98. The van der Waals surface area contributed by atoms with E-state index in [1.54, 1.807) is 0 Å². The van der Waals surface area contributed by atoms with Crippen LogP contribution in [-0.4, -0.2) is 79.3 Å². The van der Waals surface area contributed by atoms with Crippen LogP contribution in [0.2, 0.25) is 0 Å². The number of ether oxygens (including phenoxy) is 8. The van der Waals surface area contributed by atoms with Gasteiger partial charge in [-0.3, -0.25) is 0 Å². The molecule has 0 amide bonds. The maximum Gasteiger partial charge on any atom is 0.161 e. The molecule has 0 saturated heterocycles. The third-order valence-electron chi connectivity index (χ3n) is 6.60. The van der Waals surface area contributed by atoms with Gasteiger partial charge < -0.3 is 43.2 Å². The number of benzene rings is 3. The zero-order chi connectivity index (χ0) is 30.5. The monoisotopic (exact) mass is 607 g/mol. The molecule has 44 heavy (non-hydrogen) atoms. The molecule has 238 valence electrons. The van der Waals surface area contributed by atoms with Gasteiger partial charge in [0.15, 0.2) is 23.0 Å². The fourth-order valence-electron chi connectivity index (χ4n) is 4.38. The summed E-state index contributed by atoms with van der Waals surface area (Å²) in [6, 6.07) is 22.2. The van der Waals surface area contributed by atoms with E-state index in [2.05, 4.69) is 36.2 Å². The van der Waals surface area contributed by atoms with Gasteiger partial charge in [-0.1, -0.05) is 48.5 Å². The van der Waals surface area contributed by atoms with E-state index in [0.29, 0.717) is 109 Å². The van der Waals surface area contributed by atoms with E-state index in [-0.39, 0.29) is 0 Å². The average molecular weight is 608 g/mol. The molecule has 0 aliphatic carbocycles. The quantitative estimate of drug-likeness (QED) is 0.389. The molecular formula is C35H45NO8. The maximum atomic E-state index is 6.08. The highest BCUT2D eigenvalue weighted by atomic mass is 16.6. The summed E-state index contributed by atoms with van der Waals surface area (Å²) < 4.78 is 46.4. The summed E-state index contributed by atoms with van der Waals surface area (Å²) in [5, 5.41) is 3.51. The van der Waals surface area contributed by atoms with E-state index >= 15 is 0 Å². The van der Waals surface area contributed by atoms with E-state index in [1.807, 2.05) is 48.5 Å². The topological polar surface area (TPSA) is 85.9 Å². The van der Waals surface area contributed by atoms with Crippen molar-refractivity contribution in [3.05, 3.63) is 96.1 Å². The molecule has 0 fully saturated rings. The summed E-state index contributed by atoms with van der Waals surface area (Å²) in [5.41, 5.74) is 3.59. The van der Waals surface area contributed by atoms with Crippen LogP contribution in [0, 0.1) is 0 Å². The van der Waals surface area contributed by atoms with Crippen molar-refractivity contribution >= 4 is 0 Å². The Morgan fingerprint density at radius 2 is 0.886 bits per heavy atom. The second kappa shape index (κ2) is 20.4. The Kier molecular flexibility index (Phi) is 15.4. The van der Waals surface area contributed by atoms with Crippen LogP contribution in [0.15, 0.2) is 79.4 Å². The SMILES string of the molecule is C=CCc1ccc(CNCc2ccc3c(c2)OCCOCCOCCOc2ccccc2OCCOCCOCCO3)cc1. The first-order chi connectivity index (χ1) is 21.8. The number of para-hydroxylation sites is 2. The lowest BCUT2D eigenvalue weighted by molar-refractivity contribution is 0.0223. The maximum absolute atomic E-state index is 6.08. The lowest BCUT2D eigenvalue weighted by atomic mass is 10.1. The van der Waals surface area contributed by atoms with Crippen LogP contribution in [0.4, 0.5) is 0 Å². The molecule has 9 heteroatoms. The Morgan fingerprint density at radius 1 is 0.477 bits per heavy atom. The Labute approximate surface area is 261 Å². The van der Waals surface area contributed by atoms with E-state index in [4.69, 9.17) is 37.9 Å². The molecule has 9 nitrogen and oxygen atoms in total. The van der Waals surface area contributed by atoms with Gasteiger partial charge in [0.1, 0.15) is 26.4 Å². The van der Waals surface area contributed by atoms with Crippen LogP contribution in [-0.2, 0) is 38.5 Å². The highest BCUT2D eigenvalue weighted by molar-refractivity contribution is 5.43. The zero-order valence-electron chi connectivity index (χ0n) is 25.5. The summed E-state index contributed by atoms with van der Waals surface area (Å²) in [6.07, 6.45) is 2.80. The predicted molar refractivity (Wildman–Crippen MR) is 169 cm³/mol. The average Bonchev–Trinajstić information content (AvgIpc) is 3.04. The van der Waals surface area contributed by atoms with Crippen molar-refractivity contribution in [2.24, 2.45) is 0 Å². The number of fused-ring (bicyclic) bond motifs is 2. The van der Waals surface area contributed by atoms with E-state index in [9.17, 15) is 0 Å². The lowest BCUT2D eigenvalue weighted by Gasteiger charge is -2.15. The molecule has 1 heterocycles. The molecule has 4 rings (SSSR count). The summed E-state index contributed by atoms with van der Waals surface area (Å²) in [5.74, 6) is 2.70. The highest BCUT2D eigenvalue weighted by Crippen LogP contribution is 2.29. The van der Waals surface area contributed by atoms with Crippen molar-refractivity contribution < 1.29 is 37.9 Å². The molecule has 0 atom stereocenters. The molecule has 0 unspecified atom stereocenters. The summed E-state index contributed by atoms with van der Waals surface area (Å²) in [7, 11) is 0. The minimum atomic E-state index is 0.387.